The van der Waals surface area contributed by atoms with Gasteiger partial charge in [-0.2, -0.15) is 0 Å². The zero-order valence-corrected chi connectivity index (χ0v) is 13.4. The molecule has 3 nitrogen and oxygen atoms in total. The van der Waals surface area contributed by atoms with E-state index in [0.29, 0.717) is 12.0 Å². The van der Waals surface area contributed by atoms with E-state index in [-0.39, 0.29) is 12.3 Å². The second-order valence-corrected chi connectivity index (χ2v) is 6.02. The average Bonchev–Trinajstić information content (AvgIpc) is 2.87. The average molecular weight is 356 g/mol. The fourth-order valence-corrected chi connectivity index (χ4v) is 2.96. The number of nitrogens with zero attached hydrogens (tertiary/aromatic N) is 1. The lowest BCUT2D eigenvalue weighted by molar-refractivity contribution is -0.108. The Morgan fingerprint density at radius 3 is 2.64 bits per heavy atom. The van der Waals surface area contributed by atoms with Crippen molar-refractivity contribution in [2.75, 3.05) is 0 Å². The first kappa shape index (κ1) is 14.7. The molecule has 0 fully saturated rings. The molecular weight excluding hydrogens is 342 g/mol. The minimum Gasteiger partial charge on any atom is -0.340 e. The number of halogens is 1. The Morgan fingerprint density at radius 1 is 1.14 bits per heavy atom. The molecule has 2 aromatic carbocycles. The van der Waals surface area contributed by atoms with Crippen LogP contribution < -0.4 is 0 Å². The lowest BCUT2D eigenvalue weighted by Gasteiger charge is -2.00. The maximum absolute atomic E-state index is 12.6. The summed E-state index contributed by atoms with van der Waals surface area (Å²) in [7, 11) is 0. The molecule has 0 atom stereocenters. The molecule has 0 amide bonds. The standard InChI is InChI=1S/C18H14BrNO2/c19-14-6-7-17-15(11-14)16(12-20(17)8-9-21)18(22)10-13-4-2-1-3-5-13/h1-7,9,11-12H,8,10H2. The molecule has 0 spiro atoms. The fraction of sp³-hybridized carbons (Fsp3) is 0.111. The van der Waals surface area contributed by atoms with Crippen molar-refractivity contribution in [3.05, 3.63) is 70.3 Å². The van der Waals surface area contributed by atoms with Gasteiger partial charge in [0.25, 0.3) is 0 Å². The van der Waals surface area contributed by atoms with E-state index in [1.807, 2.05) is 53.1 Å². The first-order valence-electron chi connectivity index (χ1n) is 6.98. The Labute approximate surface area is 136 Å². The van der Waals surface area contributed by atoms with Gasteiger partial charge in [0.05, 0.1) is 6.54 Å². The maximum Gasteiger partial charge on any atom is 0.169 e. The molecule has 4 heteroatoms. The van der Waals surface area contributed by atoms with Gasteiger partial charge in [0.1, 0.15) is 6.29 Å². The van der Waals surface area contributed by atoms with Crippen LogP contribution in [-0.4, -0.2) is 16.6 Å². The number of benzene rings is 2. The predicted octanol–water partition coefficient (Wildman–Crippen LogP) is 4.03. The van der Waals surface area contributed by atoms with Crippen molar-refractivity contribution in [1.82, 2.24) is 4.57 Å². The van der Waals surface area contributed by atoms with Crippen LogP contribution >= 0.6 is 15.9 Å². The molecule has 0 bridgehead atoms. The van der Waals surface area contributed by atoms with Crippen LogP contribution in [0.15, 0.2) is 59.2 Å². The van der Waals surface area contributed by atoms with Gasteiger partial charge in [0.15, 0.2) is 5.78 Å². The summed E-state index contributed by atoms with van der Waals surface area (Å²) in [6.07, 6.45) is 2.97. The van der Waals surface area contributed by atoms with Crippen LogP contribution in [0.4, 0.5) is 0 Å². The van der Waals surface area contributed by atoms with Crippen molar-refractivity contribution in [3.63, 3.8) is 0 Å². The molecule has 1 heterocycles. The quantitative estimate of drug-likeness (QED) is 0.512. The molecule has 1 aromatic heterocycles. The molecule has 0 N–H and O–H groups in total. The van der Waals surface area contributed by atoms with Gasteiger partial charge in [-0.1, -0.05) is 46.3 Å². The number of ketones is 1. The van der Waals surface area contributed by atoms with Gasteiger partial charge in [-0.15, -0.1) is 0 Å². The van der Waals surface area contributed by atoms with Crippen molar-refractivity contribution in [3.8, 4) is 0 Å². The number of fused-ring (bicyclic) bond motifs is 1. The second-order valence-electron chi connectivity index (χ2n) is 5.11. The van der Waals surface area contributed by atoms with E-state index in [1.54, 1.807) is 6.20 Å². The van der Waals surface area contributed by atoms with E-state index in [9.17, 15) is 9.59 Å². The molecule has 0 saturated carbocycles. The minimum absolute atomic E-state index is 0.0546. The number of aromatic nitrogens is 1. The molecule has 0 radical (unpaired) electrons. The van der Waals surface area contributed by atoms with Crippen LogP contribution in [0.2, 0.25) is 0 Å². The van der Waals surface area contributed by atoms with Crippen LogP contribution in [-0.2, 0) is 17.8 Å². The van der Waals surface area contributed by atoms with Crippen LogP contribution in [0.25, 0.3) is 10.9 Å². The Balaban J connectivity index is 2.04. The van der Waals surface area contributed by atoms with Crippen molar-refractivity contribution in [1.29, 1.82) is 0 Å². The van der Waals surface area contributed by atoms with Gasteiger partial charge < -0.3 is 9.36 Å². The molecule has 0 aliphatic heterocycles. The summed E-state index contributed by atoms with van der Waals surface area (Å²) in [5.74, 6) is 0.0546. The smallest absolute Gasteiger partial charge is 0.169 e. The van der Waals surface area contributed by atoms with Gasteiger partial charge >= 0.3 is 0 Å². The highest BCUT2D eigenvalue weighted by Crippen LogP contribution is 2.26. The summed E-state index contributed by atoms with van der Waals surface area (Å²) in [5, 5.41) is 0.872. The number of hydrogen-bond acceptors (Lipinski definition) is 2. The van der Waals surface area contributed by atoms with Gasteiger partial charge in [-0.25, -0.2) is 0 Å². The summed E-state index contributed by atoms with van der Waals surface area (Å²) in [5.41, 5.74) is 2.53. The van der Waals surface area contributed by atoms with E-state index < -0.39 is 0 Å². The van der Waals surface area contributed by atoms with Crippen molar-refractivity contribution in [2.45, 2.75) is 13.0 Å². The maximum atomic E-state index is 12.6. The zero-order chi connectivity index (χ0) is 15.5. The first-order chi connectivity index (χ1) is 10.7. The Morgan fingerprint density at radius 2 is 1.91 bits per heavy atom. The first-order valence-corrected chi connectivity index (χ1v) is 7.77. The predicted molar refractivity (Wildman–Crippen MR) is 90.2 cm³/mol. The highest BCUT2D eigenvalue weighted by atomic mass is 79.9. The molecule has 0 unspecified atom stereocenters. The number of carbonyl (C=O) groups is 2. The van der Waals surface area contributed by atoms with Gasteiger partial charge in [-0.3, -0.25) is 4.79 Å². The minimum atomic E-state index is 0.0546. The largest absolute Gasteiger partial charge is 0.340 e. The van der Waals surface area contributed by atoms with Gasteiger partial charge in [0.2, 0.25) is 0 Å². The molecule has 0 saturated heterocycles. The fourth-order valence-electron chi connectivity index (χ4n) is 2.60. The third-order valence-corrected chi connectivity index (χ3v) is 4.12. The summed E-state index contributed by atoms with van der Waals surface area (Å²) >= 11 is 3.44. The summed E-state index contributed by atoms with van der Waals surface area (Å²) in [6.45, 7) is 0.247. The number of carbonyl (C=O) groups excluding carboxylic acids is 2. The molecule has 3 aromatic rings. The van der Waals surface area contributed by atoms with E-state index in [2.05, 4.69) is 15.9 Å². The monoisotopic (exact) mass is 355 g/mol. The molecule has 3 rings (SSSR count). The topological polar surface area (TPSA) is 39.1 Å². The van der Waals surface area contributed by atoms with E-state index in [4.69, 9.17) is 0 Å². The zero-order valence-electron chi connectivity index (χ0n) is 11.8. The van der Waals surface area contributed by atoms with Crippen molar-refractivity contribution >= 4 is 38.9 Å². The number of rotatable bonds is 5. The van der Waals surface area contributed by atoms with E-state index in [0.717, 1.165) is 27.2 Å². The van der Waals surface area contributed by atoms with Crippen LogP contribution in [0.5, 0.6) is 0 Å². The van der Waals surface area contributed by atoms with Gasteiger partial charge in [0, 0.05) is 33.6 Å². The highest BCUT2D eigenvalue weighted by molar-refractivity contribution is 9.10. The van der Waals surface area contributed by atoms with Crippen LogP contribution in [0.3, 0.4) is 0 Å². The van der Waals surface area contributed by atoms with Crippen molar-refractivity contribution in [2.24, 2.45) is 0 Å². The lowest BCUT2D eigenvalue weighted by Crippen LogP contribution is -2.03. The Kier molecular flexibility index (Phi) is 4.20. The summed E-state index contributed by atoms with van der Waals surface area (Å²) < 4.78 is 2.73. The number of hydrogen-bond donors (Lipinski definition) is 0. The van der Waals surface area contributed by atoms with Crippen LogP contribution in [0.1, 0.15) is 15.9 Å². The second kappa shape index (κ2) is 6.28. The normalized spacial score (nSPS) is 10.8. The lowest BCUT2D eigenvalue weighted by atomic mass is 10.0. The molecule has 0 aliphatic rings. The SMILES string of the molecule is O=CCn1cc(C(=O)Cc2ccccc2)c2cc(Br)ccc21. The molecule has 0 aliphatic carbocycles. The highest BCUT2D eigenvalue weighted by Gasteiger charge is 2.15. The third kappa shape index (κ3) is 2.88. The summed E-state index contributed by atoms with van der Waals surface area (Å²) in [4.78, 5) is 23.5. The number of aldehydes is 1. The van der Waals surface area contributed by atoms with E-state index in [1.165, 1.54) is 0 Å². The Hall–Kier alpha value is -2.20. The molecular formula is C18H14BrNO2. The third-order valence-electron chi connectivity index (χ3n) is 3.62. The summed E-state index contributed by atoms with van der Waals surface area (Å²) in [6, 6.07) is 15.4. The molecule has 22 heavy (non-hydrogen) atoms. The number of Topliss-reactive ketones (excluding diaryl/α,β-unsaturated/α-hetero) is 1. The molecule has 110 valence electrons. The van der Waals surface area contributed by atoms with Crippen molar-refractivity contribution < 1.29 is 9.59 Å². The Bertz CT molecular complexity index is 837. The van der Waals surface area contributed by atoms with Crippen LogP contribution in [0, 0.1) is 0 Å². The van der Waals surface area contributed by atoms with Gasteiger partial charge in [-0.05, 0) is 23.8 Å². The van der Waals surface area contributed by atoms with E-state index >= 15 is 0 Å².